The third-order valence-corrected chi connectivity index (χ3v) is 10.0. The second-order valence-corrected chi connectivity index (χ2v) is 12.9. The van der Waals surface area contributed by atoms with Crippen molar-refractivity contribution in [3.8, 4) is 22.3 Å². The van der Waals surface area contributed by atoms with E-state index in [1.807, 2.05) is 0 Å². The van der Waals surface area contributed by atoms with Gasteiger partial charge in [-0.3, -0.25) is 0 Å². The fourth-order valence-corrected chi connectivity index (χ4v) is 7.65. The van der Waals surface area contributed by atoms with Crippen molar-refractivity contribution in [2.24, 2.45) is 0 Å². The zero-order chi connectivity index (χ0) is 33.0. The molecule has 9 aromatic carbocycles. The summed E-state index contributed by atoms with van der Waals surface area (Å²) in [5.74, 6) is 0. The first-order valence-corrected chi connectivity index (χ1v) is 17.1. The molecule has 0 unspecified atom stereocenters. The third kappa shape index (κ3) is 4.57. The predicted octanol–water partition coefficient (Wildman–Crippen LogP) is 13.8. The van der Waals surface area contributed by atoms with Crippen LogP contribution in [0.4, 0.5) is 17.1 Å². The highest BCUT2D eigenvalue weighted by Crippen LogP contribution is 2.45. The summed E-state index contributed by atoms with van der Waals surface area (Å²) in [6, 6.07) is 67.4. The van der Waals surface area contributed by atoms with E-state index in [4.69, 9.17) is 4.42 Å². The van der Waals surface area contributed by atoms with E-state index in [0.717, 1.165) is 50.1 Å². The molecule has 0 aliphatic carbocycles. The Labute approximate surface area is 290 Å². The second kappa shape index (κ2) is 11.5. The summed E-state index contributed by atoms with van der Waals surface area (Å²) in [5, 5.41) is 9.61. The molecule has 0 saturated carbocycles. The number of nitrogens with zero attached hydrogens (tertiary/aromatic N) is 1. The molecule has 10 aromatic rings. The Balaban J connectivity index is 1.20. The molecule has 0 atom stereocenters. The first kappa shape index (κ1) is 28.4. The zero-order valence-corrected chi connectivity index (χ0v) is 27.3. The van der Waals surface area contributed by atoms with E-state index < -0.39 is 0 Å². The summed E-state index contributed by atoms with van der Waals surface area (Å²) >= 11 is 0. The van der Waals surface area contributed by atoms with Crippen LogP contribution in [-0.4, -0.2) is 0 Å². The maximum Gasteiger partial charge on any atom is 0.159 e. The number of fused-ring (bicyclic) bond motifs is 7. The van der Waals surface area contributed by atoms with Gasteiger partial charge in [-0.05, 0) is 79.3 Å². The summed E-state index contributed by atoms with van der Waals surface area (Å²) in [7, 11) is 0. The maximum absolute atomic E-state index is 6.95. The van der Waals surface area contributed by atoms with Crippen LogP contribution in [0, 0.1) is 0 Å². The lowest BCUT2D eigenvalue weighted by Crippen LogP contribution is -2.10. The molecular formula is C48H31NO. The molecule has 0 aliphatic heterocycles. The normalized spacial score (nSPS) is 11.6. The molecule has 0 saturated heterocycles. The predicted molar refractivity (Wildman–Crippen MR) is 212 cm³/mol. The van der Waals surface area contributed by atoms with Crippen LogP contribution in [0.15, 0.2) is 192 Å². The van der Waals surface area contributed by atoms with Crippen LogP contribution < -0.4 is 4.90 Å². The molecule has 0 N–H and O–H groups in total. The van der Waals surface area contributed by atoms with E-state index in [1.165, 1.54) is 43.4 Å². The van der Waals surface area contributed by atoms with Crippen molar-refractivity contribution in [2.75, 3.05) is 4.90 Å². The average Bonchev–Trinajstić information content (AvgIpc) is 3.58. The fraction of sp³-hybridized carbons (Fsp3) is 0. The van der Waals surface area contributed by atoms with Crippen molar-refractivity contribution in [1.29, 1.82) is 0 Å². The van der Waals surface area contributed by atoms with Crippen LogP contribution in [0.2, 0.25) is 0 Å². The smallest absolute Gasteiger partial charge is 0.159 e. The van der Waals surface area contributed by atoms with Gasteiger partial charge in [0.1, 0.15) is 5.58 Å². The molecule has 234 valence electrons. The van der Waals surface area contributed by atoms with E-state index in [9.17, 15) is 0 Å². The van der Waals surface area contributed by atoms with Gasteiger partial charge in [-0.1, -0.05) is 158 Å². The molecule has 0 amide bonds. The quantitative estimate of drug-likeness (QED) is 0.175. The zero-order valence-electron chi connectivity index (χ0n) is 27.3. The summed E-state index contributed by atoms with van der Waals surface area (Å²) in [6.07, 6.45) is 0. The summed E-state index contributed by atoms with van der Waals surface area (Å²) in [4.78, 5) is 2.35. The lowest BCUT2D eigenvalue weighted by atomic mass is 9.98. The minimum absolute atomic E-state index is 0.863. The Kier molecular flexibility index (Phi) is 6.53. The molecule has 0 bridgehead atoms. The molecule has 0 spiro atoms. The van der Waals surface area contributed by atoms with Gasteiger partial charge in [0.2, 0.25) is 0 Å². The van der Waals surface area contributed by atoms with E-state index in [-0.39, 0.29) is 0 Å². The van der Waals surface area contributed by atoms with Crippen molar-refractivity contribution in [3.05, 3.63) is 188 Å². The van der Waals surface area contributed by atoms with Crippen LogP contribution in [0.25, 0.3) is 76.5 Å². The minimum Gasteiger partial charge on any atom is -0.453 e. The molecule has 50 heavy (non-hydrogen) atoms. The molecule has 0 aliphatic rings. The molecule has 1 aromatic heterocycles. The second-order valence-electron chi connectivity index (χ2n) is 12.9. The maximum atomic E-state index is 6.95. The third-order valence-electron chi connectivity index (χ3n) is 10.0. The van der Waals surface area contributed by atoms with Crippen LogP contribution in [0.1, 0.15) is 0 Å². The van der Waals surface area contributed by atoms with Crippen molar-refractivity contribution < 1.29 is 4.42 Å². The van der Waals surface area contributed by atoms with Crippen molar-refractivity contribution >= 4 is 71.3 Å². The fourth-order valence-electron chi connectivity index (χ4n) is 7.65. The van der Waals surface area contributed by atoms with Gasteiger partial charge in [0.25, 0.3) is 0 Å². The highest BCUT2D eigenvalue weighted by Gasteiger charge is 2.21. The Hall–Kier alpha value is -6.64. The van der Waals surface area contributed by atoms with E-state index >= 15 is 0 Å². The Morgan fingerprint density at radius 2 is 0.860 bits per heavy atom. The Bertz CT molecular complexity index is 2860. The molecule has 1 heterocycles. The first-order valence-electron chi connectivity index (χ1n) is 17.1. The number of benzene rings is 9. The summed E-state index contributed by atoms with van der Waals surface area (Å²) in [5.41, 5.74) is 9.53. The van der Waals surface area contributed by atoms with Crippen molar-refractivity contribution in [2.45, 2.75) is 0 Å². The van der Waals surface area contributed by atoms with Crippen LogP contribution in [0.3, 0.4) is 0 Å². The largest absolute Gasteiger partial charge is 0.453 e. The molecule has 10 rings (SSSR count). The van der Waals surface area contributed by atoms with Gasteiger partial charge in [0.05, 0.1) is 5.69 Å². The van der Waals surface area contributed by atoms with Crippen LogP contribution in [0.5, 0.6) is 0 Å². The number of furan rings is 1. The molecule has 0 radical (unpaired) electrons. The van der Waals surface area contributed by atoms with Gasteiger partial charge in [0.15, 0.2) is 5.58 Å². The molecule has 2 heteroatoms. The lowest BCUT2D eigenvalue weighted by molar-refractivity contribution is 0.670. The standard InChI is InChI=1S/C48H31NO/c1-2-11-33(12-3-1)42-19-9-20-43-44-21-10-22-46(48(44)50-47(42)43)49(38-30-27-36-24-23-34-14-5-7-17-41(34)45(36)31-38)37-28-25-35(26-29-37)40-18-8-15-32-13-4-6-16-39(32)40/h1-31H. The number of anilines is 3. The lowest BCUT2D eigenvalue weighted by Gasteiger charge is -2.26. The monoisotopic (exact) mass is 637 g/mol. The number of hydrogen-bond donors (Lipinski definition) is 0. The van der Waals surface area contributed by atoms with E-state index in [0.29, 0.717) is 0 Å². The number of para-hydroxylation sites is 2. The van der Waals surface area contributed by atoms with Gasteiger partial charge in [-0.15, -0.1) is 0 Å². The van der Waals surface area contributed by atoms with Gasteiger partial charge < -0.3 is 9.32 Å². The number of hydrogen-bond acceptors (Lipinski definition) is 2. The van der Waals surface area contributed by atoms with Gasteiger partial charge in [-0.25, -0.2) is 0 Å². The van der Waals surface area contributed by atoms with Gasteiger partial charge in [-0.2, -0.15) is 0 Å². The van der Waals surface area contributed by atoms with Crippen LogP contribution in [-0.2, 0) is 0 Å². The molecule has 0 fully saturated rings. The molecular weight excluding hydrogens is 607 g/mol. The Morgan fingerprint density at radius 1 is 0.320 bits per heavy atom. The summed E-state index contributed by atoms with van der Waals surface area (Å²) in [6.45, 7) is 0. The van der Waals surface area contributed by atoms with Crippen molar-refractivity contribution in [1.82, 2.24) is 0 Å². The molecule has 2 nitrogen and oxygen atoms in total. The van der Waals surface area contributed by atoms with Crippen molar-refractivity contribution in [3.63, 3.8) is 0 Å². The Morgan fingerprint density at radius 3 is 1.68 bits per heavy atom. The minimum atomic E-state index is 0.863. The van der Waals surface area contributed by atoms with Crippen LogP contribution >= 0.6 is 0 Å². The van der Waals surface area contributed by atoms with Gasteiger partial charge >= 0.3 is 0 Å². The number of rotatable bonds is 5. The highest BCUT2D eigenvalue weighted by atomic mass is 16.3. The SMILES string of the molecule is c1ccc(-c2cccc3c2oc2c(N(c4ccc(-c5cccc6ccccc56)cc4)c4ccc5ccc6ccccc6c5c4)cccc23)cc1. The average molecular weight is 638 g/mol. The first-order chi connectivity index (χ1) is 24.8. The highest BCUT2D eigenvalue weighted by molar-refractivity contribution is 6.14. The van der Waals surface area contributed by atoms with Gasteiger partial charge in [0, 0.05) is 27.7 Å². The van der Waals surface area contributed by atoms with E-state index in [1.54, 1.807) is 0 Å². The summed E-state index contributed by atoms with van der Waals surface area (Å²) < 4.78 is 6.95. The van der Waals surface area contributed by atoms with E-state index in [2.05, 4.69) is 193 Å². The topological polar surface area (TPSA) is 16.4 Å².